The predicted octanol–water partition coefficient (Wildman–Crippen LogP) is 2.10. The van der Waals surface area contributed by atoms with Gasteiger partial charge in [-0.1, -0.05) is 6.92 Å². The van der Waals surface area contributed by atoms with E-state index in [9.17, 15) is 13.2 Å². The molecule has 1 aliphatic rings. The molecule has 26 heavy (non-hydrogen) atoms. The Morgan fingerprint density at radius 1 is 1.23 bits per heavy atom. The Labute approximate surface area is 156 Å². The van der Waals surface area contributed by atoms with E-state index < -0.39 is 9.84 Å². The van der Waals surface area contributed by atoms with Crippen LogP contribution in [0.15, 0.2) is 29.2 Å². The molecular formula is C19H30N2O4S. The number of benzene rings is 1. The van der Waals surface area contributed by atoms with E-state index in [1.54, 1.807) is 12.1 Å². The van der Waals surface area contributed by atoms with Crippen LogP contribution in [0.2, 0.25) is 0 Å². The lowest BCUT2D eigenvalue weighted by Gasteiger charge is -2.32. The summed E-state index contributed by atoms with van der Waals surface area (Å²) >= 11 is 0. The highest BCUT2D eigenvalue weighted by atomic mass is 32.2. The second-order valence-electron chi connectivity index (χ2n) is 6.83. The Hall–Kier alpha value is -1.60. The SMILES string of the molecule is CCNCC1CCN(C(=O)CCCOc2ccc(S(C)(=O)=O)cc2)CC1. The molecule has 1 aliphatic heterocycles. The van der Waals surface area contributed by atoms with E-state index in [0.717, 1.165) is 39.0 Å². The van der Waals surface area contributed by atoms with Crippen molar-refractivity contribution in [2.45, 2.75) is 37.5 Å². The lowest BCUT2D eigenvalue weighted by Crippen LogP contribution is -2.40. The summed E-state index contributed by atoms with van der Waals surface area (Å²) in [6.45, 7) is 6.30. The average Bonchev–Trinajstić information content (AvgIpc) is 2.63. The van der Waals surface area contributed by atoms with Gasteiger partial charge in [0.25, 0.3) is 0 Å². The first-order valence-electron chi connectivity index (χ1n) is 9.31. The van der Waals surface area contributed by atoms with Gasteiger partial charge in [0.05, 0.1) is 11.5 Å². The smallest absolute Gasteiger partial charge is 0.222 e. The van der Waals surface area contributed by atoms with Crippen molar-refractivity contribution in [3.8, 4) is 5.75 Å². The van der Waals surface area contributed by atoms with Crippen LogP contribution in [-0.4, -0.2) is 58.3 Å². The Bertz CT molecular complexity index is 665. The number of likely N-dealkylation sites (tertiary alicyclic amines) is 1. The van der Waals surface area contributed by atoms with E-state index >= 15 is 0 Å². The molecule has 1 heterocycles. The van der Waals surface area contributed by atoms with Gasteiger partial charge < -0.3 is 15.0 Å². The van der Waals surface area contributed by atoms with Crippen molar-refractivity contribution in [3.63, 3.8) is 0 Å². The van der Waals surface area contributed by atoms with Gasteiger partial charge in [-0.25, -0.2) is 8.42 Å². The molecule has 1 saturated heterocycles. The van der Waals surface area contributed by atoms with Crippen molar-refractivity contribution in [2.75, 3.05) is 39.0 Å². The monoisotopic (exact) mass is 382 g/mol. The first-order chi connectivity index (χ1) is 12.4. The minimum Gasteiger partial charge on any atom is -0.494 e. The van der Waals surface area contributed by atoms with Crippen LogP contribution in [0.25, 0.3) is 0 Å². The molecule has 0 radical (unpaired) electrons. The van der Waals surface area contributed by atoms with Gasteiger partial charge in [0.1, 0.15) is 5.75 Å². The number of sulfone groups is 1. The van der Waals surface area contributed by atoms with Crippen LogP contribution in [0.5, 0.6) is 5.75 Å². The first-order valence-corrected chi connectivity index (χ1v) is 11.2. The van der Waals surface area contributed by atoms with Crippen molar-refractivity contribution in [3.05, 3.63) is 24.3 Å². The number of nitrogens with one attached hydrogen (secondary N) is 1. The van der Waals surface area contributed by atoms with Crippen LogP contribution in [0.4, 0.5) is 0 Å². The Morgan fingerprint density at radius 3 is 2.46 bits per heavy atom. The number of hydrogen-bond donors (Lipinski definition) is 1. The molecule has 1 aromatic rings. The second kappa shape index (κ2) is 9.92. The van der Waals surface area contributed by atoms with Gasteiger partial charge in [-0.15, -0.1) is 0 Å². The maximum Gasteiger partial charge on any atom is 0.222 e. The highest BCUT2D eigenvalue weighted by Gasteiger charge is 2.22. The lowest BCUT2D eigenvalue weighted by atomic mass is 9.96. The summed E-state index contributed by atoms with van der Waals surface area (Å²) in [6.07, 6.45) is 4.46. The maximum atomic E-state index is 12.3. The fourth-order valence-electron chi connectivity index (χ4n) is 3.09. The summed E-state index contributed by atoms with van der Waals surface area (Å²) in [5, 5.41) is 3.38. The summed E-state index contributed by atoms with van der Waals surface area (Å²) in [5.41, 5.74) is 0. The van der Waals surface area contributed by atoms with Crippen LogP contribution in [0.1, 0.15) is 32.6 Å². The molecule has 1 amide bonds. The van der Waals surface area contributed by atoms with E-state index in [4.69, 9.17) is 4.74 Å². The molecule has 0 atom stereocenters. The van der Waals surface area contributed by atoms with Gasteiger partial charge in [0, 0.05) is 25.8 Å². The highest BCUT2D eigenvalue weighted by molar-refractivity contribution is 7.90. The number of carbonyl (C=O) groups excluding carboxylic acids is 1. The van der Waals surface area contributed by atoms with Gasteiger partial charge in [0.15, 0.2) is 9.84 Å². The van der Waals surface area contributed by atoms with Crippen LogP contribution in [0, 0.1) is 5.92 Å². The van der Waals surface area contributed by atoms with Crippen molar-refractivity contribution in [1.82, 2.24) is 10.2 Å². The summed E-state index contributed by atoms with van der Waals surface area (Å²) in [4.78, 5) is 14.5. The third kappa shape index (κ3) is 6.61. The van der Waals surface area contributed by atoms with Crippen LogP contribution in [-0.2, 0) is 14.6 Å². The number of rotatable bonds is 9. The fraction of sp³-hybridized carbons (Fsp3) is 0.632. The number of piperidine rings is 1. The number of amides is 1. The number of ether oxygens (including phenoxy) is 1. The standard InChI is InChI=1S/C19H30N2O4S/c1-3-20-15-16-10-12-21(13-11-16)19(22)5-4-14-25-17-6-8-18(9-7-17)26(2,23)24/h6-9,16,20H,3-5,10-15H2,1-2H3. The predicted molar refractivity (Wildman–Crippen MR) is 102 cm³/mol. The Morgan fingerprint density at radius 2 is 1.88 bits per heavy atom. The van der Waals surface area contributed by atoms with E-state index in [2.05, 4.69) is 12.2 Å². The third-order valence-corrected chi connectivity index (χ3v) is 5.83. The zero-order valence-electron chi connectivity index (χ0n) is 15.7. The molecule has 0 aliphatic carbocycles. The molecule has 1 N–H and O–H groups in total. The molecule has 0 bridgehead atoms. The van der Waals surface area contributed by atoms with Crippen molar-refractivity contribution >= 4 is 15.7 Å². The summed E-state index contributed by atoms with van der Waals surface area (Å²) in [5.74, 6) is 1.49. The molecule has 7 heteroatoms. The highest BCUT2D eigenvalue weighted by Crippen LogP contribution is 2.18. The van der Waals surface area contributed by atoms with E-state index in [1.807, 2.05) is 4.90 Å². The lowest BCUT2D eigenvalue weighted by molar-refractivity contribution is -0.132. The number of carbonyl (C=O) groups is 1. The minimum atomic E-state index is -3.19. The van der Waals surface area contributed by atoms with Gasteiger partial charge in [-0.05, 0) is 62.5 Å². The molecule has 1 aromatic carbocycles. The van der Waals surface area contributed by atoms with Crippen LogP contribution < -0.4 is 10.1 Å². The molecule has 0 spiro atoms. The third-order valence-electron chi connectivity index (χ3n) is 4.71. The number of nitrogens with zero attached hydrogens (tertiary/aromatic N) is 1. The molecule has 0 unspecified atom stereocenters. The summed E-state index contributed by atoms with van der Waals surface area (Å²) in [7, 11) is -3.19. The van der Waals surface area contributed by atoms with Crippen molar-refractivity contribution < 1.29 is 17.9 Å². The largest absolute Gasteiger partial charge is 0.494 e. The van der Waals surface area contributed by atoms with Crippen LogP contribution in [0.3, 0.4) is 0 Å². The normalized spacial score (nSPS) is 15.8. The quantitative estimate of drug-likeness (QED) is 0.662. The van der Waals surface area contributed by atoms with E-state index in [0.29, 0.717) is 31.1 Å². The molecule has 1 fully saturated rings. The number of hydrogen-bond acceptors (Lipinski definition) is 5. The molecule has 0 aromatic heterocycles. The molecule has 2 rings (SSSR count). The maximum absolute atomic E-state index is 12.3. The Balaban J connectivity index is 1.64. The molecule has 146 valence electrons. The van der Waals surface area contributed by atoms with Gasteiger partial charge in [0.2, 0.25) is 5.91 Å². The van der Waals surface area contributed by atoms with Crippen molar-refractivity contribution in [2.24, 2.45) is 5.92 Å². The summed E-state index contributed by atoms with van der Waals surface area (Å²) in [6, 6.07) is 6.36. The van der Waals surface area contributed by atoms with Gasteiger partial charge >= 0.3 is 0 Å². The fourth-order valence-corrected chi connectivity index (χ4v) is 3.72. The molecular weight excluding hydrogens is 352 g/mol. The molecule has 6 nitrogen and oxygen atoms in total. The van der Waals surface area contributed by atoms with E-state index in [1.165, 1.54) is 18.4 Å². The second-order valence-corrected chi connectivity index (χ2v) is 8.84. The van der Waals surface area contributed by atoms with Crippen LogP contribution >= 0.6 is 0 Å². The van der Waals surface area contributed by atoms with Gasteiger partial charge in [-0.2, -0.15) is 0 Å². The topological polar surface area (TPSA) is 75.7 Å². The first kappa shape index (κ1) is 20.7. The zero-order chi connectivity index (χ0) is 19.0. The Kier molecular flexibility index (Phi) is 7.90. The minimum absolute atomic E-state index is 0.197. The van der Waals surface area contributed by atoms with E-state index in [-0.39, 0.29) is 10.8 Å². The van der Waals surface area contributed by atoms with Crippen molar-refractivity contribution in [1.29, 1.82) is 0 Å². The zero-order valence-corrected chi connectivity index (χ0v) is 16.6. The average molecular weight is 383 g/mol. The van der Waals surface area contributed by atoms with Gasteiger partial charge in [-0.3, -0.25) is 4.79 Å². The molecule has 0 saturated carbocycles. The summed E-state index contributed by atoms with van der Waals surface area (Å²) < 4.78 is 28.4.